The number of halogens is 6. The Morgan fingerprint density at radius 1 is 1.02 bits per heavy atom. The minimum Gasteiger partial charge on any atom is -0.364 e. The van der Waals surface area contributed by atoms with Gasteiger partial charge in [-0.3, -0.25) is 38.4 Å². The van der Waals surface area contributed by atoms with Crippen molar-refractivity contribution in [2.75, 3.05) is 61.5 Å². The van der Waals surface area contributed by atoms with Gasteiger partial charge in [0.1, 0.15) is 24.0 Å². The highest BCUT2D eigenvalue weighted by Gasteiger charge is 2.48. The van der Waals surface area contributed by atoms with Gasteiger partial charge in [-0.1, -0.05) is 6.07 Å². The molecule has 3 aliphatic heterocycles. The third-order valence-electron chi connectivity index (χ3n) is 13.0. The van der Waals surface area contributed by atoms with E-state index < -0.39 is 72.7 Å². The number of piperidine rings is 2. The van der Waals surface area contributed by atoms with Crippen LogP contribution in [0, 0.1) is 5.92 Å². The number of aromatic nitrogens is 7. The summed E-state index contributed by atoms with van der Waals surface area (Å²) < 4.78 is 98.6. The van der Waals surface area contributed by atoms with E-state index in [2.05, 4.69) is 30.6 Å². The average molecular weight is 901 g/mol. The van der Waals surface area contributed by atoms with Crippen molar-refractivity contribution in [1.82, 2.24) is 43.7 Å². The second-order valence-corrected chi connectivity index (χ2v) is 17.1. The van der Waals surface area contributed by atoms with Crippen LogP contribution >= 0.6 is 0 Å². The summed E-state index contributed by atoms with van der Waals surface area (Å²) in [6.07, 6.45) is 0.277. The zero-order valence-corrected chi connectivity index (χ0v) is 34.9. The van der Waals surface area contributed by atoms with Crippen LogP contribution in [0.4, 0.5) is 43.5 Å². The van der Waals surface area contributed by atoms with Crippen molar-refractivity contribution in [3.05, 3.63) is 64.6 Å². The summed E-state index contributed by atoms with van der Waals surface area (Å²) in [5, 5.41) is 13.0. The van der Waals surface area contributed by atoms with Crippen molar-refractivity contribution in [3.63, 3.8) is 0 Å². The van der Waals surface area contributed by atoms with Crippen LogP contribution in [0.2, 0.25) is 0 Å². The zero-order valence-electron chi connectivity index (χ0n) is 34.9. The zero-order chi connectivity index (χ0) is 45.2. The van der Waals surface area contributed by atoms with Crippen LogP contribution in [0.25, 0.3) is 16.7 Å². The highest BCUT2D eigenvalue weighted by atomic mass is 19.3. The molecule has 4 aromatic heterocycles. The molecule has 3 amide bonds. The summed E-state index contributed by atoms with van der Waals surface area (Å²) in [7, 11) is 3.22. The van der Waals surface area contributed by atoms with Gasteiger partial charge in [0, 0.05) is 45.5 Å². The highest BCUT2D eigenvalue weighted by molar-refractivity contribution is 6.08. The molecular formula is C41H46F6N12O5. The third-order valence-corrected chi connectivity index (χ3v) is 13.0. The van der Waals surface area contributed by atoms with Crippen LogP contribution < -0.4 is 26.1 Å². The molecule has 342 valence electrons. The van der Waals surface area contributed by atoms with Gasteiger partial charge in [0.05, 0.1) is 53.8 Å². The van der Waals surface area contributed by atoms with E-state index in [9.17, 15) is 36.7 Å². The average Bonchev–Trinajstić information content (AvgIpc) is 3.94. The molecule has 9 rings (SSSR count). The molecular weight excluding hydrogens is 855 g/mol. The summed E-state index contributed by atoms with van der Waals surface area (Å²) in [5.41, 5.74) is -0.0719. The maximum Gasteiger partial charge on any atom is 0.373 e. The molecule has 2 atom stereocenters. The molecule has 0 spiro atoms. The van der Waals surface area contributed by atoms with Crippen LogP contribution in [0.1, 0.15) is 79.5 Å². The quantitative estimate of drug-likeness (QED) is 0.147. The number of para-hydroxylation sites is 1. The number of hydrogen-bond acceptors (Lipinski definition) is 11. The van der Waals surface area contributed by atoms with E-state index in [1.807, 2.05) is 0 Å². The van der Waals surface area contributed by atoms with Gasteiger partial charge in [0.25, 0.3) is 18.3 Å². The lowest BCUT2D eigenvalue weighted by Gasteiger charge is -2.44. The van der Waals surface area contributed by atoms with Gasteiger partial charge in [0.15, 0.2) is 11.3 Å². The first-order valence-corrected chi connectivity index (χ1v) is 21.1. The van der Waals surface area contributed by atoms with Crippen molar-refractivity contribution in [2.24, 2.45) is 13.0 Å². The number of amides is 3. The molecule has 1 aliphatic carbocycles. The Hall–Kier alpha value is -5.97. The number of ether oxygens (including phenoxy) is 1. The van der Waals surface area contributed by atoms with Crippen molar-refractivity contribution in [2.45, 2.75) is 81.5 Å². The summed E-state index contributed by atoms with van der Waals surface area (Å²) in [6.45, 7) is -0.763. The molecule has 1 saturated carbocycles. The maximum atomic E-state index is 16.2. The lowest BCUT2D eigenvalue weighted by atomic mass is 9.85. The van der Waals surface area contributed by atoms with Gasteiger partial charge in [0.2, 0.25) is 11.8 Å². The van der Waals surface area contributed by atoms with E-state index >= 15 is 8.78 Å². The molecule has 1 aromatic carbocycles. The number of benzene rings is 1. The predicted octanol–water partition coefficient (Wildman–Crippen LogP) is 4.75. The van der Waals surface area contributed by atoms with Crippen molar-refractivity contribution in [1.29, 1.82) is 0 Å². The van der Waals surface area contributed by atoms with Crippen LogP contribution in [-0.2, 0) is 21.4 Å². The Balaban J connectivity index is 0.827. The molecule has 4 fully saturated rings. The van der Waals surface area contributed by atoms with Crippen LogP contribution in [0.15, 0.2) is 47.7 Å². The van der Waals surface area contributed by atoms with Gasteiger partial charge in [-0.2, -0.15) is 19.0 Å². The summed E-state index contributed by atoms with van der Waals surface area (Å²) >= 11 is 0. The number of morpholine rings is 1. The van der Waals surface area contributed by atoms with Gasteiger partial charge in [-0.25, -0.2) is 31.9 Å². The molecule has 64 heavy (non-hydrogen) atoms. The number of alkyl halides is 6. The Morgan fingerprint density at radius 2 is 1.80 bits per heavy atom. The van der Waals surface area contributed by atoms with E-state index in [1.165, 1.54) is 54.9 Å². The molecule has 2 unspecified atom stereocenters. The van der Waals surface area contributed by atoms with E-state index in [0.717, 1.165) is 0 Å². The number of anilines is 3. The molecule has 17 nitrogen and oxygen atoms in total. The van der Waals surface area contributed by atoms with Gasteiger partial charge in [-0.05, 0) is 69.7 Å². The number of rotatable bonds is 10. The third kappa shape index (κ3) is 8.07. The smallest absolute Gasteiger partial charge is 0.364 e. The Bertz CT molecular complexity index is 2670. The van der Waals surface area contributed by atoms with Crippen molar-refractivity contribution >= 4 is 51.6 Å². The number of fused-ring (bicyclic) bond motifs is 2. The number of carbonyl (C=O) groups is 3. The minimum atomic E-state index is -3.38. The number of imidazole rings is 1. The first-order chi connectivity index (χ1) is 30.5. The van der Waals surface area contributed by atoms with Crippen molar-refractivity contribution < 1.29 is 45.5 Å². The van der Waals surface area contributed by atoms with E-state index in [-0.39, 0.29) is 73.6 Å². The fourth-order valence-corrected chi connectivity index (χ4v) is 9.79. The monoisotopic (exact) mass is 900 g/mol. The minimum absolute atomic E-state index is 0.0346. The Labute approximate surface area is 360 Å². The normalized spacial score (nSPS) is 24.0. The number of nitrogens with zero attached hydrogens (tertiary/aromatic N) is 10. The predicted molar refractivity (Wildman–Crippen MR) is 219 cm³/mol. The van der Waals surface area contributed by atoms with Crippen LogP contribution in [0.5, 0.6) is 0 Å². The molecule has 0 radical (unpaired) electrons. The fraction of sp³-hybridized carbons (Fsp3) is 0.537. The second kappa shape index (κ2) is 16.5. The lowest BCUT2D eigenvalue weighted by Crippen LogP contribution is -2.58. The first kappa shape index (κ1) is 43.3. The standard InChI is InChI=1S/C41H46F6N12O5/c1-53(30-12-14-55(21-40(30,44)45)27-4-3-5-28-34(27)54(2)39(63)59(28)29-10-11-32(60)51-38(29)62)19-23-6-8-24(9-7-23)58-20-26(33(52-58)35(42)43)49-37(61)25-18-48-57-15-13-31(50-36(25)57)56-16-17-64-41(46,47)22-56/h3-5,13,15,18,20,23-24,29-30,35H,6-12,14,16-17,19,21-22H2,1-2H3,(H,49,61)(H,51,60,62)/t23-,24-,29?,30?. The summed E-state index contributed by atoms with van der Waals surface area (Å²) in [6, 6.07) is 4.23. The topological polar surface area (TPSA) is 169 Å². The molecule has 3 saturated heterocycles. The number of nitrogens with one attached hydrogen (secondary N) is 2. The Morgan fingerprint density at radius 3 is 2.52 bits per heavy atom. The van der Waals surface area contributed by atoms with Gasteiger partial charge in [-0.15, -0.1) is 0 Å². The molecule has 2 N–H and O–H groups in total. The SMILES string of the molecule is CN(C[C@H]1CC[C@H](n2cc(NC(=O)c3cnn4ccc(N5CCOC(F)(F)C5)nc34)c(C(F)F)n2)CC1)C1CCN(c2cccc3c2n(C)c(=O)n3C2CCC(=O)NC2=O)CC1(F)F. The molecule has 4 aliphatic rings. The Kier molecular flexibility index (Phi) is 11.2. The highest BCUT2D eigenvalue weighted by Crippen LogP contribution is 2.40. The van der Waals surface area contributed by atoms with Crippen LogP contribution in [0.3, 0.4) is 0 Å². The largest absolute Gasteiger partial charge is 0.373 e. The van der Waals surface area contributed by atoms with Crippen molar-refractivity contribution in [3.8, 4) is 0 Å². The van der Waals surface area contributed by atoms with Gasteiger partial charge < -0.3 is 19.9 Å². The van der Waals surface area contributed by atoms with E-state index in [0.29, 0.717) is 48.9 Å². The summed E-state index contributed by atoms with van der Waals surface area (Å²) in [4.78, 5) is 60.4. The number of carbonyl (C=O) groups excluding carboxylic acids is 3. The summed E-state index contributed by atoms with van der Waals surface area (Å²) in [5.74, 6) is -4.73. The van der Waals surface area contributed by atoms with Crippen LogP contribution in [-0.4, -0.2) is 121 Å². The number of imide groups is 1. The maximum absolute atomic E-state index is 16.2. The first-order valence-electron chi connectivity index (χ1n) is 21.1. The van der Waals surface area contributed by atoms with Gasteiger partial charge >= 0.3 is 11.8 Å². The fourth-order valence-electron chi connectivity index (χ4n) is 9.79. The molecule has 7 heterocycles. The number of hydrogen-bond donors (Lipinski definition) is 2. The molecule has 0 bridgehead atoms. The number of aryl methyl sites for hydroxylation is 1. The van der Waals surface area contributed by atoms with E-state index in [4.69, 9.17) is 0 Å². The second-order valence-electron chi connectivity index (χ2n) is 17.1. The lowest BCUT2D eigenvalue weighted by molar-refractivity contribution is -0.240. The van der Waals surface area contributed by atoms with E-state index in [1.54, 1.807) is 35.0 Å². The molecule has 5 aromatic rings. The molecule has 23 heteroatoms.